The monoisotopic (exact) mass is 403 g/mol. The van der Waals surface area contributed by atoms with Crippen LogP contribution in [0.25, 0.3) is 10.4 Å². The van der Waals surface area contributed by atoms with Crippen molar-refractivity contribution in [2.24, 2.45) is 0 Å². The Labute approximate surface area is 170 Å². The Hall–Kier alpha value is -2.12. The first kappa shape index (κ1) is 20.6. The number of amides is 1. The van der Waals surface area contributed by atoms with Gasteiger partial charge < -0.3 is 15.2 Å². The van der Waals surface area contributed by atoms with Crippen LogP contribution in [0.15, 0.2) is 30.5 Å². The van der Waals surface area contributed by atoms with Gasteiger partial charge in [0.1, 0.15) is 17.4 Å². The summed E-state index contributed by atoms with van der Waals surface area (Å²) in [6.07, 6.45) is 1.99. The fraction of sp³-hybridized carbons (Fsp3) is 0.524. The number of anilines is 1. The zero-order chi connectivity index (χ0) is 20.7. The molecule has 0 saturated carbocycles. The van der Waals surface area contributed by atoms with Crippen LogP contribution in [0.4, 0.5) is 9.93 Å². The molecule has 0 radical (unpaired) electrons. The van der Waals surface area contributed by atoms with E-state index in [4.69, 9.17) is 15.2 Å². The van der Waals surface area contributed by atoms with E-state index >= 15 is 0 Å². The number of nitrogen functional groups attached to an aromatic ring is 1. The van der Waals surface area contributed by atoms with Crippen molar-refractivity contribution in [1.29, 1.82) is 0 Å². The lowest BCUT2D eigenvalue weighted by Crippen LogP contribution is -2.49. The van der Waals surface area contributed by atoms with Crippen LogP contribution in [-0.2, 0) is 9.47 Å². The smallest absolute Gasteiger partial charge is 0.412 e. The Kier molecular flexibility index (Phi) is 5.42. The van der Waals surface area contributed by atoms with Gasteiger partial charge in [0, 0.05) is 6.20 Å². The summed E-state index contributed by atoms with van der Waals surface area (Å²) in [4.78, 5) is 19.7. The van der Waals surface area contributed by atoms with Crippen molar-refractivity contribution in [2.75, 3.05) is 5.73 Å². The van der Waals surface area contributed by atoms with Crippen LogP contribution in [0.2, 0.25) is 0 Å². The third-order valence-electron chi connectivity index (χ3n) is 4.73. The maximum atomic E-state index is 12.9. The van der Waals surface area contributed by atoms with Gasteiger partial charge in [-0.2, -0.15) is 0 Å². The summed E-state index contributed by atoms with van der Waals surface area (Å²) in [5, 5.41) is 0.555. The largest absolute Gasteiger partial charge is 0.444 e. The van der Waals surface area contributed by atoms with E-state index in [1.165, 1.54) is 11.3 Å². The number of rotatable bonds is 3. The average molecular weight is 404 g/mol. The number of carbonyl (C=O) groups is 1. The van der Waals surface area contributed by atoms with Crippen LogP contribution >= 0.6 is 11.3 Å². The quantitative estimate of drug-likeness (QED) is 0.760. The van der Waals surface area contributed by atoms with Crippen molar-refractivity contribution in [3.8, 4) is 10.4 Å². The summed E-state index contributed by atoms with van der Waals surface area (Å²) < 4.78 is 12.0. The number of nitrogens with two attached hydrogens (primary N) is 1. The minimum atomic E-state index is -0.752. The standard InChI is InChI=1S/C21H29N3O3S/c1-7-15-17(26-21(5,6)24(15)19(25)27-20(2,3)4)14-10-8-13(9-11-14)16-12-23-18(22)28-16/h8-12,15,17H,7H2,1-6H3,(H2,22,23)/t15-,17-/m1/s1. The molecule has 1 saturated heterocycles. The topological polar surface area (TPSA) is 77.7 Å². The predicted octanol–water partition coefficient (Wildman–Crippen LogP) is 5.22. The first-order chi connectivity index (χ1) is 13.0. The summed E-state index contributed by atoms with van der Waals surface area (Å²) >= 11 is 1.46. The molecule has 1 fully saturated rings. The number of benzene rings is 1. The molecule has 3 rings (SSSR count). The van der Waals surface area contributed by atoms with Gasteiger partial charge >= 0.3 is 6.09 Å². The third kappa shape index (κ3) is 4.15. The number of ether oxygens (including phenoxy) is 2. The molecule has 0 aliphatic carbocycles. The molecule has 6 nitrogen and oxygen atoms in total. The summed E-state index contributed by atoms with van der Waals surface area (Å²) in [5.41, 5.74) is 6.53. The Morgan fingerprint density at radius 3 is 2.46 bits per heavy atom. The van der Waals surface area contributed by atoms with Crippen LogP contribution in [-0.4, -0.2) is 33.3 Å². The zero-order valence-electron chi connectivity index (χ0n) is 17.4. The van der Waals surface area contributed by atoms with E-state index < -0.39 is 11.3 Å². The van der Waals surface area contributed by atoms with Crippen LogP contribution in [0.5, 0.6) is 0 Å². The van der Waals surface area contributed by atoms with E-state index in [1.807, 2.05) is 58.9 Å². The van der Waals surface area contributed by atoms with Crippen LogP contribution in [0, 0.1) is 0 Å². The van der Waals surface area contributed by atoms with Crippen molar-refractivity contribution in [3.63, 3.8) is 0 Å². The lowest BCUT2D eigenvalue weighted by molar-refractivity contribution is -0.0796. The molecule has 2 heterocycles. The fourth-order valence-corrected chi connectivity index (χ4v) is 4.28. The van der Waals surface area contributed by atoms with Crippen molar-refractivity contribution in [2.45, 2.75) is 71.4 Å². The van der Waals surface area contributed by atoms with Gasteiger partial charge in [-0.15, -0.1) is 0 Å². The number of hydrogen-bond acceptors (Lipinski definition) is 6. The summed E-state index contributed by atoms with van der Waals surface area (Å²) in [5.74, 6) is 0. The molecule has 1 aliphatic heterocycles. The summed E-state index contributed by atoms with van der Waals surface area (Å²) in [6, 6.07) is 8.08. The van der Waals surface area contributed by atoms with Crippen LogP contribution in [0.3, 0.4) is 0 Å². The molecule has 1 aromatic carbocycles. The number of hydrogen-bond donors (Lipinski definition) is 1. The molecule has 1 amide bonds. The van der Waals surface area contributed by atoms with Gasteiger partial charge in [0.15, 0.2) is 5.13 Å². The van der Waals surface area contributed by atoms with Crippen molar-refractivity contribution < 1.29 is 14.3 Å². The maximum absolute atomic E-state index is 12.9. The second kappa shape index (κ2) is 7.37. The predicted molar refractivity (Wildman–Crippen MR) is 112 cm³/mol. The highest BCUT2D eigenvalue weighted by molar-refractivity contribution is 7.18. The number of nitrogens with zero attached hydrogens (tertiary/aromatic N) is 2. The fourth-order valence-electron chi connectivity index (χ4n) is 3.59. The van der Waals surface area contributed by atoms with Gasteiger partial charge in [-0.1, -0.05) is 42.5 Å². The Balaban J connectivity index is 1.86. The second-order valence-electron chi connectivity index (χ2n) is 8.50. The average Bonchev–Trinajstić information content (AvgIpc) is 3.13. The molecule has 0 bridgehead atoms. The highest BCUT2D eigenvalue weighted by Gasteiger charge is 2.50. The molecule has 152 valence electrons. The lowest BCUT2D eigenvalue weighted by Gasteiger charge is -2.34. The number of thiazole rings is 1. The minimum Gasteiger partial charge on any atom is -0.444 e. The second-order valence-corrected chi connectivity index (χ2v) is 9.56. The first-order valence-electron chi connectivity index (χ1n) is 9.53. The molecule has 2 aromatic rings. The van der Waals surface area contributed by atoms with E-state index in [0.717, 1.165) is 22.4 Å². The molecule has 2 N–H and O–H groups in total. The molecule has 1 aliphatic rings. The number of carbonyl (C=O) groups excluding carboxylic acids is 1. The SMILES string of the molecule is CC[C@@H]1[C@@H](c2ccc(-c3cnc(N)s3)cc2)OC(C)(C)N1C(=O)OC(C)(C)C. The Morgan fingerprint density at radius 2 is 1.96 bits per heavy atom. The first-order valence-corrected chi connectivity index (χ1v) is 10.4. The normalized spacial score (nSPS) is 21.7. The number of aromatic nitrogens is 1. The third-order valence-corrected chi connectivity index (χ3v) is 5.61. The van der Waals surface area contributed by atoms with Gasteiger partial charge in [0.25, 0.3) is 0 Å². The zero-order valence-corrected chi connectivity index (χ0v) is 18.2. The van der Waals surface area contributed by atoms with Gasteiger partial charge in [0.2, 0.25) is 0 Å². The molecule has 0 spiro atoms. The summed E-state index contributed by atoms with van der Waals surface area (Å²) in [6.45, 7) is 11.5. The molecule has 7 heteroatoms. The van der Waals surface area contributed by atoms with Crippen molar-refractivity contribution >= 4 is 22.6 Å². The minimum absolute atomic E-state index is 0.102. The van der Waals surface area contributed by atoms with Crippen molar-refractivity contribution in [1.82, 2.24) is 9.88 Å². The van der Waals surface area contributed by atoms with E-state index in [0.29, 0.717) is 5.13 Å². The van der Waals surface area contributed by atoms with E-state index in [-0.39, 0.29) is 18.2 Å². The van der Waals surface area contributed by atoms with E-state index in [1.54, 1.807) is 11.1 Å². The molecule has 2 atom stereocenters. The summed E-state index contributed by atoms with van der Waals surface area (Å²) in [7, 11) is 0. The van der Waals surface area contributed by atoms with Gasteiger partial charge in [-0.25, -0.2) is 9.78 Å². The highest BCUT2D eigenvalue weighted by atomic mass is 32.1. The molecular formula is C21H29N3O3S. The van der Waals surface area contributed by atoms with Crippen molar-refractivity contribution in [3.05, 3.63) is 36.0 Å². The molecule has 1 aromatic heterocycles. The molecular weight excluding hydrogens is 374 g/mol. The molecule has 28 heavy (non-hydrogen) atoms. The highest BCUT2D eigenvalue weighted by Crippen LogP contribution is 2.43. The van der Waals surface area contributed by atoms with E-state index in [9.17, 15) is 4.79 Å². The van der Waals surface area contributed by atoms with Gasteiger partial charge in [-0.05, 0) is 52.2 Å². The van der Waals surface area contributed by atoms with Crippen LogP contribution < -0.4 is 5.73 Å². The van der Waals surface area contributed by atoms with Gasteiger partial charge in [0.05, 0.1) is 10.9 Å². The lowest BCUT2D eigenvalue weighted by atomic mass is 9.98. The van der Waals surface area contributed by atoms with E-state index in [2.05, 4.69) is 11.9 Å². The van der Waals surface area contributed by atoms with Crippen LogP contribution in [0.1, 0.15) is 59.6 Å². The Morgan fingerprint density at radius 1 is 1.32 bits per heavy atom. The molecule has 0 unspecified atom stereocenters. The Bertz CT molecular complexity index is 839. The maximum Gasteiger partial charge on any atom is 0.412 e. The van der Waals surface area contributed by atoms with Gasteiger partial charge in [-0.3, -0.25) is 4.90 Å².